The van der Waals surface area contributed by atoms with Crippen molar-refractivity contribution in [2.75, 3.05) is 5.32 Å². The summed E-state index contributed by atoms with van der Waals surface area (Å²) in [6.45, 7) is 0. The molecule has 2 aromatic rings. The third-order valence-electron chi connectivity index (χ3n) is 2.60. The third-order valence-corrected chi connectivity index (χ3v) is 2.84. The second kappa shape index (κ2) is 6.14. The van der Waals surface area contributed by atoms with Gasteiger partial charge in [0.25, 0.3) is 17.3 Å². The molecule has 0 spiro atoms. The summed E-state index contributed by atoms with van der Waals surface area (Å²) < 4.78 is 0. The number of aromatic nitrogens is 1. The maximum atomic E-state index is 12.1. The largest absolute Gasteiger partial charge is 0.306 e. The zero-order valence-corrected chi connectivity index (χ0v) is 11.5. The second-order valence-corrected chi connectivity index (χ2v) is 4.47. The van der Waals surface area contributed by atoms with Crippen molar-refractivity contribution in [1.82, 2.24) is 4.98 Å². The number of nitrogens with zero attached hydrogens (tertiary/aromatic N) is 3. The summed E-state index contributed by atoms with van der Waals surface area (Å²) in [5, 5.41) is 23.9. The smallest absolute Gasteiger partial charge is 0.287 e. The summed E-state index contributed by atoms with van der Waals surface area (Å²) >= 11 is 5.73. The zero-order chi connectivity index (χ0) is 16.3. The van der Waals surface area contributed by atoms with Crippen molar-refractivity contribution in [3.05, 3.63) is 67.3 Å². The van der Waals surface area contributed by atoms with Gasteiger partial charge in [-0.2, -0.15) is 0 Å². The molecule has 112 valence electrons. The van der Waals surface area contributed by atoms with Crippen molar-refractivity contribution in [1.29, 1.82) is 0 Å². The summed E-state index contributed by atoms with van der Waals surface area (Å²) in [6, 6.07) is 5.92. The van der Waals surface area contributed by atoms with Crippen LogP contribution in [0, 0.1) is 20.2 Å². The molecule has 0 saturated heterocycles. The van der Waals surface area contributed by atoms with E-state index in [0.717, 1.165) is 24.4 Å². The maximum absolute atomic E-state index is 12.1. The molecule has 9 nitrogen and oxygen atoms in total. The van der Waals surface area contributed by atoms with E-state index < -0.39 is 21.4 Å². The molecule has 0 bridgehead atoms. The third kappa shape index (κ3) is 3.33. The number of nitro groups is 2. The van der Waals surface area contributed by atoms with Crippen LogP contribution in [-0.2, 0) is 0 Å². The van der Waals surface area contributed by atoms with E-state index in [2.05, 4.69) is 10.3 Å². The van der Waals surface area contributed by atoms with E-state index in [0.29, 0.717) is 0 Å². The van der Waals surface area contributed by atoms with Crippen LogP contribution in [0.15, 0.2) is 36.5 Å². The molecule has 0 aliphatic carbocycles. The van der Waals surface area contributed by atoms with Crippen LogP contribution < -0.4 is 5.32 Å². The van der Waals surface area contributed by atoms with Crippen molar-refractivity contribution in [2.45, 2.75) is 0 Å². The number of amides is 1. The molecule has 1 amide bonds. The zero-order valence-electron chi connectivity index (χ0n) is 10.7. The van der Waals surface area contributed by atoms with E-state index >= 15 is 0 Å². The molecule has 0 fully saturated rings. The summed E-state index contributed by atoms with van der Waals surface area (Å²) in [6.07, 6.45) is 0.960. The van der Waals surface area contributed by atoms with Crippen molar-refractivity contribution < 1.29 is 14.6 Å². The lowest BCUT2D eigenvalue weighted by Crippen LogP contribution is -2.14. The Hall–Kier alpha value is -3.07. The lowest BCUT2D eigenvalue weighted by Gasteiger charge is -2.05. The molecule has 0 unspecified atom stereocenters. The van der Waals surface area contributed by atoms with Gasteiger partial charge in [-0.15, -0.1) is 0 Å². The van der Waals surface area contributed by atoms with Gasteiger partial charge < -0.3 is 5.32 Å². The lowest BCUT2D eigenvalue weighted by molar-refractivity contribution is -0.385. The number of nitro benzene ring substituents is 1. The minimum atomic E-state index is -0.796. The fraction of sp³-hybridized carbons (Fsp3) is 0. The first-order valence-electron chi connectivity index (χ1n) is 5.74. The van der Waals surface area contributed by atoms with E-state index in [1.165, 1.54) is 12.1 Å². The Morgan fingerprint density at radius 3 is 2.41 bits per heavy atom. The van der Waals surface area contributed by atoms with E-state index in [9.17, 15) is 25.0 Å². The number of carbonyl (C=O) groups is 1. The highest BCUT2D eigenvalue weighted by atomic mass is 35.5. The van der Waals surface area contributed by atoms with E-state index in [-0.39, 0.29) is 22.1 Å². The van der Waals surface area contributed by atoms with Gasteiger partial charge in [-0.25, -0.2) is 4.98 Å². The fourth-order valence-electron chi connectivity index (χ4n) is 1.60. The number of benzene rings is 1. The van der Waals surface area contributed by atoms with Gasteiger partial charge in [-0.3, -0.25) is 25.0 Å². The van der Waals surface area contributed by atoms with Crippen LogP contribution in [0.2, 0.25) is 5.02 Å². The van der Waals surface area contributed by atoms with E-state index in [4.69, 9.17) is 11.6 Å². The van der Waals surface area contributed by atoms with Gasteiger partial charge in [-0.05, 0) is 18.2 Å². The quantitative estimate of drug-likeness (QED) is 0.680. The van der Waals surface area contributed by atoms with Crippen molar-refractivity contribution >= 4 is 34.7 Å². The summed E-state index contributed by atoms with van der Waals surface area (Å²) in [7, 11) is 0. The van der Waals surface area contributed by atoms with Crippen LogP contribution in [0.3, 0.4) is 0 Å². The van der Waals surface area contributed by atoms with Crippen molar-refractivity contribution in [3.8, 4) is 0 Å². The van der Waals surface area contributed by atoms with Crippen LogP contribution in [0.5, 0.6) is 0 Å². The monoisotopic (exact) mass is 322 g/mol. The second-order valence-electron chi connectivity index (χ2n) is 4.03. The van der Waals surface area contributed by atoms with Crippen LogP contribution in [0.25, 0.3) is 0 Å². The van der Waals surface area contributed by atoms with E-state index in [1.54, 1.807) is 0 Å². The molecule has 1 aromatic heterocycles. The molecule has 2 rings (SSSR count). The van der Waals surface area contributed by atoms with Gasteiger partial charge in [0.05, 0.1) is 9.85 Å². The fourth-order valence-corrected chi connectivity index (χ4v) is 1.77. The molecule has 1 N–H and O–H groups in total. The molecule has 1 aromatic carbocycles. The number of hydrogen-bond donors (Lipinski definition) is 1. The van der Waals surface area contributed by atoms with Gasteiger partial charge >= 0.3 is 0 Å². The van der Waals surface area contributed by atoms with Crippen LogP contribution in [0.4, 0.5) is 17.2 Å². The predicted octanol–water partition coefficient (Wildman–Crippen LogP) is 2.80. The lowest BCUT2D eigenvalue weighted by atomic mass is 10.1. The maximum Gasteiger partial charge on any atom is 0.287 e. The molecule has 22 heavy (non-hydrogen) atoms. The molecular formula is C12H7ClN4O5. The van der Waals surface area contributed by atoms with Crippen LogP contribution in [0.1, 0.15) is 10.4 Å². The average molecular weight is 323 g/mol. The first kappa shape index (κ1) is 15.3. The molecule has 0 atom stereocenters. The van der Waals surface area contributed by atoms with E-state index in [1.807, 2.05) is 0 Å². The highest BCUT2D eigenvalue weighted by molar-refractivity contribution is 6.31. The topological polar surface area (TPSA) is 128 Å². The molecule has 0 aliphatic rings. The normalized spacial score (nSPS) is 10.0. The molecule has 0 radical (unpaired) electrons. The molecule has 0 aliphatic heterocycles. The summed E-state index contributed by atoms with van der Waals surface area (Å²) in [4.78, 5) is 35.8. The first-order valence-corrected chi connectivity index (χ1v) is 6.12. The molecular weight excluding hydrogens is 316 g/mol. The number of hydrogen-bond acceptors (Lipinski definition) is 6. The number of nitrogens with one attached hydrogen (secondary N) is 1. The van der Waals surface area contributed by atoms with Crippen molar-refractivity contribution in [2.24, 2.45) is 0 Å². The minimum absolute atomic E-state index is 0.0184. The number of rotatable bonds is 4. The SMILES string of the molecule is O=C(Nc1ccc([N+](=O)[O-])cn1)c1cc(Cl)ccc1[N+](=O)[O-]. The van der Waals surface area contributed by atoms with Crippen LogP contribution >= 0.6 is 11.6 Å². The average Bonchev–Trinajstić information content (AvgIpc) is 2.47. The Morgan fingerprint density at radius 1 is 1.14 bits per heavy atom. The van der Waals surface area contributed by atoms with Gasteiger partial charge in [0.15, 0.2) is 0 Å². The van der Waals surface area contributed by atoms with Gasteiger partial charge in [0, 0.05) is 17.2 Å². The molecule has 1 heterocycles. The Kier molecular flexibility index (Phi) is 4.28. The first-order chi connectivity index (χ1) is 10.4. The van der Waals surface area contributed by atoms with Crippen molar-refractivity contribution in [3.63, 3.8) is 0 Å². The highest BCUT2D eigenvalue weighted by Gasteiger charge is 2.21. The summed E-state index contributed by atoms with van der Waals surface area (Å²) in [5.74, 6) is -0.777. The summed E-state index contributed by atoms with van der Waals surface area (Å²) in [5.41, 5.74) is -0.895. The minimum Gasteiger partial charge on any atom is -0.306 e. The van der Waals surface area contributed by atoms with Gasteiger partial charge in [0.2, 0.25) is 0 Å². The van der Waals surface area contributed by atoms with Crippen LogP contribution in [-0.4, -0.2) is 20.7 Å². The predicted molar refractivity (Wildman–Crippen MR) is 77.0 cm³/mol. The number of carbonyl (C=O) groups excluding carboxylic acids is 1. The molecule has 0 saturated carbocycles. The standard InChI is InChI=1S/C12H7ClN4O5/c13-7-1-3-10(17(21)22)9(5-7)12(18)15-11-4-2-8(6-14-11)16(19)20/h1-6H,(H,14,15,18). The van der Waals surface area contributed by atoms with Gasteiger partial charge in [-0.1, -0.05) is 11.6 Å². The number of anilines is 1. The Morgan fingerprint density at radius 2 is 1.86 bits per heavy atom. The Bertz CT molecular complexity index is 763. The Balaban J connectivity index is 2.27. The Labute approximate surface area is 127 Å². The van der Waals surface area contributed by atoms with Gasteiger partial charge in [0.1, 0.15) is 17.6 Å². The number of pyridine rings is 1. The molecule has 10 heteroatoms. The highest BCUT2D eigenvalue weighted by Crippen LogP contribution is 2.23. The number of halogens is 1.